The van der Waals surface area contributed by atoms with Crippen molar-refractivity contribution in [3.63, 3.8) is 0 Å². The fraction of sp³-hybridized carbons (Fsp3) is 0.0667. The summed E-state index contributed by atoms with van der Waals surface area (Å²) in [5.41, 5.74) is 1.63. The van der Waals surface area contributed by atoms with Gasteiger partial charge in [0.2, 0.25) is 5.89 Å². The van der Waals surface area contributed by atoms with E-state index in [9.17, 15) is 4.39 Å². The van der Waals surface area contributed by atoms with Gasteiger partial charge in [0.1, 0.15) is 5.82 Å². The molecular weight excluding hydrogens is 311 g/mol. The summed E-state index contributed by atoms with van der Waals surface area (Å²) in [6.45, 7) is 0. The molecule has 0 aliphatic carbocycles. The van der Waals surface area contributed by atoms with Gasteiger partial charge in [-0.3, -0.25) is 0 Å². The molecule has 3 nitrogen and oxygen atoms in total. The molecule has 0 amide bonds. The van der Waals surface area contributed by atoms with Crippen LogP contribution in [0.15, 0.2) is 58.2 Å². The zero-order chi connectivity index (χ0) is 14.7. The molecule has 106 valence electrons. The molecule has 6 heteroatoms. The van der Waals surface area contributed by atoms with Gasteiger partial charge in [0.05, 0.1) is 0 Å². The zero-order valence-corrected chi connectivity index (χ0v) is 12.4. The maximum absolute atomic E-state index is 13.1. The van der Waals surface area contributed by atoms with Gasteiger partial charge >= 0.3 is 0 Å². The van der Waals surface area contributed by atoms with Gasteiger partial charge in [-0.05, 0) is 35.9 Å². The molecule has 2 aromatic carbocycles. The molecule has 0 atom stereocenters. The Morgan fingerprint density at radius 2 is 1.95 bits per heavy atom. The summed E-state index contributed by atoms with van der Waals surface area (Å²) < 4.78 is 18.6. The van der Waals surface area contributed by atoms with E-state index in [1.807, 2.05) is 18.2 Å². The van der Waals surface area contributed by atoms with Crippen molar-refractivity contribution < 1.29 is 8.81 Å². The summed E-state index contributed by atoms with van der Waals surface area (Å²) in [4.78, 5) is 0. The van der Waals surface area contributed by atoms with Gasteiger partial charge < -0.3 is 4.42 Å². The summed E-state index contributed by atoms with van der Waals surface area (Å²) in [5, 5.41) is 9.01. The van der Waals surface area contributed by atoms with Crippen molar-refractivity contribution >= 4 is 23.4 Å². The maximum Gasteiger partial charge on any atom is 0.277 e. The first kappa shape index (κ1) is 14.1. The van der Waals surface area contributed by atoms with Crippen molar-refractivity contribution in [3.8, 4) is 11.5 Å². The highest BCUT2D eigenvalue weighted by Gasteiger charge is 2.09. The second kappa shape index (κ2) is 6.28. The molecule has 0 aliphatic rings. The molecule has 3 aromatic rings. The van der Waals surface area contributed by atoms with E-state index in [1.54, 1.807) is 18.2 Å². The summed E-state index contributed by atoms with van der Waals surface area (Å²) in [7, 11) is 0. The van der Waals surface area contributed by atoms with Crippen molar-refractivity contribution in [2.24, 2.45) is 0 Å². The number of hydrogen-bond donors (Lipinski definition) is 0. The van der Waals surface area contributed by atoms with E-state index in [0.717, 1.165) is 11.1 Å². The van der Waals surface area contributed by atoms with Crippen molar-refractivity contribution in [1.82, 2.24) is 10.2 Å². The van der Waals surface area contributed by atoms with Gasteiger partial charge in [0.25, 0.3) is 5.22 Å². The van der Waals surface area contributed by atoms with Crippen LogP contribution in [0.5, 0.6) is 0 Å². The third kappa shape index (κ3) is 3.62. The molecule has 0 saturated carbocycles. The predicted molar refractivity (Wildman–Crippen MR) is 80.7 cm³/mol. The Morgan fingerprint density at radius 3 is 2.76 bits per heavy atom. The lowest BCUT2D eigenvalue weighted by molar-refractivity contribution is 0.466. The summed E-state index contributed by atoms with van der Waals surface area (Å²) in [5.74, 6) is 0.729. The highest BCUT2D eigenvalue weighted by atomic mass is 35.5. The Kier molecular flexibility index (Phi) is 4.22. The van der Waals surface area contributed by atoms with Gasteiger partial charge in [0, 0.05) is 16.3 Å². The Hall–Kier alpha value is -1.85. The van der Waals surface area contributed by atoms with Gasteiger partial charge in [-0.1, -0.05) is 41.6 Å². The van der Waals surface area contributed by atoms with E-state index in [-0.39, 0.29) is 5.82 Å². The Labute approximate surface area is 130 Å². The van der Waals surface area contributed by atoms with Gasteiger partial charge in [0.15, 0.2) is 0 Å². The fourth-order valence-electron chi connectivity index (χ4n) is 1.78. The monoisotopic (exact) mass is 320 g/mol. The first-order valence-corrected chi connectivity index (χ1v) is 7.54. The van der Waals surface area contributed by atoms with E-state index < -0.39 is 0 Å². The largest absolute Gasteiger partial charge is 0.411 e. The Morgan fingerprint density at radius 1 is 1.10 bits per heavy atom. The van der Waals surface area contributed by atoms with Crippen LogP contribution in [0.4, 0.5) is 4.39 Å². The van der Waals surface area contributed by atoms with Crippen LogP contribution in [0, 0.1) is 5.82 Å². The molecule has 0 radical (unpaired) electrons. The number of benzene rings is 2. The van der Waals surface area contributed by atoms with E-state index in [1.165, 1.54) is 23.9 Å². The molecule has 0 aliphatic heterocycles. The van der Waals surface area contributed by atoms with Crippen LogP contribution in [-0.2, 0) is 5.75 Å². The van der Waals surface area contributed by atoms with Crippen molar-refractivity contribution in [3.05, 3.63) is 64.9 Å². The number of halogens is 2. The van der Waals surface area contributed by atoms with E-state index in [0.29, 0.717) is 21.9 Å². The molecule has 0 unspecified atom stereocenters. The minimum atomic E-state index is -0.252. The highest BCUT2D eigenvalue weighted by Crippen LogP contribution is 2.27. The molecular formula is C15H10ClFN2OS. The SMILES string of the molecule is Fc1cccc(CSc2nnc(-c3cccc(Cl)c3)o2)c1. The summed E-state index contributed by atoms with van der Waals surface area (Å²) in [6.07, 6.45) is 0. The van der Waals surface area contributed by atoms with Crippen LogP contribution in [-0.4, -0.2) is 10.2 Å². The van der Waals surface area contributed by atoms with Crippen LogP contribution >= 0.6 is 23.4 Å². The first-order valence-electron chi connectivity index (χ1n) is 6.17. The molecule has 0 saturated heterocycles. The highest BCUT2D eigenvalue weighted by molar-refractivity contribution is 7.98. The second-order valence-corrected chi connectivity index (χ2v) is 5.67. The minimum absolute atomic E-state index is 0.252. The van der Waals surface area contributed by atoms with Crippen LogP contribution in [0.1, 0.15) is 5.56 Å². The Bertz CT molecular complexity index is 763. The van der Waals surface area contributed by atoms with Gasteiger partial charge in [-0.25, -0.2) is 4.39 Å². The molecule has 0 N–H and O–H groups in total. The zero-order valence-electron chi connectivity index (χ0n) is 10.8. The standard InChI is InChI=1S/C15H10ClFN2OS/c16-12-5-2-4-11(8-12)14-18-19-15(20-14)21-9-10-3-1-6-13(17)7-10/h1-8H,9H2. The van der Waals surface area contributed by atoms with Gasteiger partial charge in [-0.2, -0.15) is 0 Å². The van der Waals surface area contributed by atoms with Crippen molar-refractivity contribution in [2.75, 3.05) is 0 Å². The van der Waals surface area contributed by atoms with Crippen molar-refractivity contribution in [1.29, 1.82) is 0 Å². The van der Waals surface area contributed by atoms with E-state index >= 15 is 0 Å². The predicted octanol–water partition coefficient (Wildman–Crippen LogP) is 4.82. The lowest BCUT2D eigenvalue weighted by Gasteiger charge is -1.98. The van der Waals surface area contributed by atoms with Crippen LogP contribution < -0.4 is 0 Å². The van der Waals surface area contributed by atoms with Crippen molar-refractivity contribution in [2.45, 2.75) is 11.0 Å². The third-order valence-electron chi connectivity index (χ3n) is 2.73. The molecule has 1 heterocycles. The fourth-order valence-corrected chi connectivity index (χ4v) is 2.67. The number of rotatable bonds is 4. The molecule has 0 bridgehead atoms. The topological polar surface area (TPSA) is 38.9 Å². The third-order valence-corrected chi connectivity index (χ3v) is 3.85. The number of hydrogen-bond acceptors (Lipinski definition) is 4. The van der Waals surface area contributed by atoms with Crippen LogP contribution in [0.2, 0.25) is 5.02 Å². The molecule has 0 spiro atoms. The maximum atomic E-state index is 13.1. The quantitative estimate of drug-likeness (QED) is 0.646. The van der Waals surface area contributed by atoms with Crippen LogP contribution in [0.25, 0.3) is 11.5 Å². The molecule has 3 rings (SSSR count). The average molecular weight is 321 g/mol. The lowest BCUT2D eigenvalue weighted by atomic mass is 10.2. The van der Waals surface area contributed by atoms with Crippen LogP contribution in [0.3, 0.4) is 0 Å². The summed E-state index contributed by atoms with van der Waals surface area (Å²) >= 11 is 7.29. The van der Waals surface area contributed by atoms with E-state index in [2.05, 4.69) is 10.2 Å². The average Bonchev–Trinajstić information content (AvgIpc) is 2.94. The Balaban J connectivity index is 1.71. The number of aromatic nitrogens is 2. The van der Waals surface area contributed by atoms with E-state index in [4.69, 9.17) is 16.0 Å². The smallest absolute Gasteiger partial charge is 0.277 e. The molecule has 21 heavy (non-hydrogen) atoms. The summed E-state index contributed by atoms with van der Waals surface area (Å²) in [6, 6.07) is 13.6. The normalized spacial score (nSPS) is 10.8. The first-order chi connectivity index (χ1) is 10.2. The molecule has 1 aromatic heterocycles. The second-order valence-electron chi connectivity index (χ2n) is 4.30. The number of thioether (sulfide) groups is 1. The minimum Gasteiger partial charge on any atom is -0.411 e. The number of nitrogens with zero attached hydrogens (tertiary/aromatic N) is 2. The molecule has 0 fully saturated rings. The van der Waals surface area contributed by atoms with Gasteiger partial charge in [-0.15, -0.1) is 10.2 Å². The lowest BCUT2D eigenvalue weighted by Crippen LogP contribution is -1.82.